The Kier molecular flexibility index (Phi) is 8.43. The Balaban J connectivity index is 1.44. The highest BCUT2D eigenvalue weighted by Gasteiger charge is 2.38. The molecule has 0 heterocycles. The first-order chi connectivity index (χ1) is 13.7. The number of carbonyl (C=O) groups is 1. The first-order valence-corrected chi connectivity index (χ1v) is 12.0. The fourth-order valence-electron chi connectivity index (χ4n) is 5.45. The molecule has 0 radical (unpaired) electrons. The lowest BCUT2D eigenvalue weighted by Crippen LogP contribution is -2.35. The van der Waals surface area contributed by atoms with Gasteiger partial charge in [0.1, 0.15) is 5.75 Å². The summed E-state index contributed by atoms with van der Waals surface area (Å²) >= 11 is 0. The maximum Gasteiger partial charge on any atom is 0.314 e. The second kappa shape index (κ2) is 11.0. The van der Waals surface area contributed by atoms with Crippen molar-refractivity contribution in [1.29, 1.82) is 0 Å². The van der Waals surface area contributed by atoms with Gasteiger partial charge in [0.05, 0.1) is 5.92 Å². The van der Waals surface area contributed by atoms with Gasteiger partial charge in [-0.15, -0.1) is 0 Å². The SMILES string of the molecule is CCCCCC1CCC2C[C@H](C(=O)Oc3ccc(CCCC)cc3)CC[C@@H]2C1. The average Bonchev–Trinajstić information content (AvgIpc) is 2.73. The molecule has 0 amide bonds. The summed E-state index contributed by atoms with van der Waals surface area (Å²) in [5.74, 6) is 3.39. The molecule has 0 aromatic heterocycles. The summed E-state index contributed by atoms with van der Waals surface area (Å²) in [6.45, 7) is 4.50. The topological polar surface area (TPSA) is 26.3 Å². The van der Waals surface area contributed by atoms with Crippen LogP contribution in [0, 0.1) is 23.7 Å². The summed E-state index contributed by atoms with van der Waals surface area (Å²) in [4.78, 5) is 12.7. The van der Waals surface area contributed by atoms with Crippen LogP contribution in [0.3, 0.4) is 0 Å². The van der Waals surface area contributed by atoms with Crippen LogP contribution in [0.25, 0.3) is 0 Å². The zero-order valence-corrected chi connectivity index (χ0v) is 18.1. The van der Waals surface area contributed by atoms with E-state index in [1.807, 2.05) is 12.1 Å². The Morgan fingerprint density at radius 3 is 2.36 bits per heavy atom. The molecular weight excluding hydrogens is 344 g/mol. The Hall–Kier alpha value is -1.31. The molecule has 2 aliphatic rings. The van der Waals surface area contributed by atoms with Gasteiger partial charge in [0.25, 0.3) is 0 Å². The van der Waals surface area contributed by atoms with Crippen LogP contribution < -0.4 is 4.74 Å². The lowest BCUT2D eigenvalue weighted by atomic mass is 9.64. The highest BCUT2D eigenvalue weighted by molar-refractivity contribution is 5.75. The van der Waals surface area contributed by atoms with E-state index in [1.54, 1.807) is 0 Å². The number of carbonyl (C=O) groups excluding carboxylic acids is 1. The summed E-state index contributed by atoms with van der Waals surface area (Å²) in [6, 6.07) is 8.15. The van der Waals surface area contributed by atoms with Crippen molar-refractivity contribution < 1.29 is 9.53 Å². The minimum Gasteiger partial charge on any atom is -0.426 e. The molecular formula is C26H40O2. The molecule has 2 saturated carbocycles. The standard InChI is InChI=1S/C26H40O2/c1-3-5-7-9-21-10-13-23-19-24(15-14-22(23)18-21)26(27)28-25-16-11-20(12-17-25)8-6-4-2/h11-12,16-17,21-24H,3-10,13-15,18-19H2,1-2H3/t21?,22-,23?,24-/m1/s1. The van der Waals surface area contributed by atoms with Crippen molar-refractivity contribution in [2.75, 3.05) is 0 Å². The molecule has 2 nitrogen and oxygen atoms in total. The lowest BCUT2D eigenvalue weighted by Gasteiger charge is -2.41. The van der Waals surface area contributed by atoms with Crippen LogP contribution in [0.15, 0.2) is 24.3 Å². The number of unbranched alkanes of at least 4 members (excludes halogenated alkanes) is 3. The zero-order chi connectivity index (χ0) is 19.8. The highest BCUT2D eigenvalue weighted by atomic mass is 16.5. The second-order valence-corrected chi connectivity index (χ2v) is 9.37. The first-order valence-electron chi connectivity index (χ1n) is 12.0. The number of fused-ring (bicyclic) bond motifs is 1. The van der Waals surface area contributed by atoms with E-state index < -0.39 is 0 Å². The predicted molar refractivity (Wildman–Crippen MR) is 116 cm³/mol. The van der Waals surface area contributed by atoms with E-state index in [1.165, 1.54) is 69.8 Å². The molecule has 1 aromatic carbocycles. The third-order valence-electron chi connectivity index (χ3n) is 7.23. The maximum absolute atomic E-state index is 12.7. The minimum absolute atomic E-state index is 0.00447. The number of aryl methyl sites for hydroxylation is 1. The third kappa shape index (κ3) is 6.09. The van der Waals surface area contributed by atoms with E-state index in [-0.39, 0.29) is 11.9 Å². The van der Waals surface area contributed by atoms with Crippen LogP contribution in [-0.4, -0.2) is 5.97 Å². The number of rotatable bonds is 9. The molecule has 0 saturated heterocycles. The Morgan fingerprint density at radius 1 is 0.893 bits per heavy atom. The largest absolute Gasteiger partial charge is 0.426 e. The molecule has 2 heteroatoms. The van der Waals surface area contributed by atoms with Crippen molar-refractivity contribution in [2.45, 2.75) is 97.3 Å². The van der Waals surface area contributed by atoms with Gasteiger partial charge < -0.3 is 4.74 Å². The summed E-state index contributed by atoms with van der Waals surface area (Å²) in [6.07, 6.45) is 16.5. The molecule has 0 N–H and O–H groups in total. The van der Waals surface area contributed by atoms with Crippen molar-refractivity contribution >= 4 is 5.97 Å². The molecule has 4 atom stereocenters. The number of esters is 1. The van der Waals surface area contributed by atoms with E-state index in [0.29, 0.717) is 5.75 Å². The first kappa shape index (κ1) is 21.4. The molecule has 0 aliphatic heterocycles. The van der Waals surface area contributed by atoms with Gasteiger partial charge in [-0.2, -0.15) is 0 Å². The smallest absolute Gasteiger partial charge is 0.314 e. The Morgan fingerprint density at radius 2 is 1.61 bits per heavy atom. The molecule has 2 aliphatic carbocycles. The van der Waals surface area contributed by atoms with Crippen molar-refractivity contribution in [3.05, 3.63) is 29.8 Å². The summed E-state index contributed by atoms with van der Waals surface area (Å²) in [7, 11) is 0. The van der Waals surface area contributed by atoms with Gasteiger partial charge >= 0.3 is 5.97 Å². The summed E-state index contributed by atoms with van der Waals surface area (Å²) in [5, 5.41) is 0. The number of benzene rings is 1. The number of hydrogen-bond donors (Lipinski definition) is 0. The lowest BCUT2D eigenvalue weighted by molar-refractivity contribution is -0.141. The molecule has 3 rings (SSSR count). The second-order valence-electron chi connectivity index (χ2n) is 9.37. The van der Waals surface area contributed by atoms with Crippen molar-refractivity contribution in [3.63, 3.8) is 0 Å². The van der Waals surface area contributed by atoms with Crippen molar-refractivity contribution in [1.82, 2.24) is 0 Å². The molecule has 0 bridgehead atoms. The van der Waals surface area contributed by atoms with E-state index in [9.17, 15) is 4.79 Å². The van der Waals surface area contributed by atoms with Gasteiger partial charge in [-0.25, -0.2) is 0 Å². The van der Waals surface area contributed by atoms with E-state index >= 15 is 0 Å². The van der Waals surface area contributed by atoms with Gasteiger partial charge in [-0.1, -0.05) is 64.5 Å². The number of hydrogen-bond acceptors (Lipinski definition) is 2. The van der Waals surface area contributed by atoms with Crippen LogP contribution in [0.1, 0.15) is 96.5 Å². The minimum atomic E-state index is 0.00447. The maximum atomic E-state index is 12.7. The quantitative estimate of drug-likeness (QED) is 0.253. The summed E-state index contributed by atoms with van der Waals surface area (Å²) < 4.78 is 5.74. The molecule has 2 unspecified atom stereocenters. The summed E-state index contributed by atoms with van der Waals surface area (Å²) in [5.41, 5.74) is 1.33. The fourth-order valence-corrected chi connectivity index (χ4v) is 5.45. The van der Waals surface area contributed by atoms with Gasteiger partial charge in [-0.05, 0) is 80.4 Å². The van der Waals surface area contributed by atoms with E-state index in [4.69, 9.17) is 4.74 Å². The van der Waals surface area contributed by atoms with E-state index in [0.717, 1.165) is 37.0 Å². The zero-order valence-electron chi connectivity index (χ0n) is 18.1. The van der Waals surface area contributed by atoms with Crippen molar-refractivity contribution in [2.24, 2.45) is 23.7 Å². The molecule has 1 aromatic rings. The van der Waals surface area contributed by atoms with Crippen LogP contribution in [0.5, 0.6) is 5.75 Å². The average molecular weight is 385 g/mol. The van der Waals surface area contributed by atoms with Crippen LogP contribution in [0.2, 0.25) is 0 Å². The monoisotopic (exact) mass is 384 g/mol. The highest BCUT2D eigenvalue weighted by Crippen LogP contribution is 2.46. The predicted octanol–water partition coefficient (Wildman–Crippen LogP) is 7.35. The van der Waals surface area contributed by atoms with Crippen LogP contribution in [0.4, 0.5) is 0 Å². The van der Waals surface area contributed by atoms with Crippen LogP contribution in [-0.2, 0) is 11.2 Å². The Bertz CT molecular complexity index is 591. The third-order valence-corrected chi connectivity index (χ3v) is 7.23. The van der Waals surface area contributed by atoms with Crippen LogP contribution >= 0.6 is 0 Å². The van der Waals surface area contributed by atoms with Gasteiger partial charge in [-0.3, -0.25) is 4.79 Å². The van der Waals surface area contributed by atoms with E-state index in [2.05, 4.69) is 26.0 Å². The normalized spacial score (nSPS) is 27.2. The van der Waals surface area contributed by atoms with Gasteiger partial charge in [0.15, 0.2) is 0 Å². The van der Waals surface area contributed by atoms with Crippen molar-refractivity contribution in [3.8, 4) is 5.75 Å². The fraction of sp³-hybridized carbons (Fsp3) is 0.731. The molecule has 28 heavy (non-hydrogen) atoms. The Labute approximate surface area is 172 Å². The van der Waals surface area contributed by atoms with Gasteiger partial charge in [0.2, 0.25) is 0 Å². The van der Waals surface area contributed by atoms with Gasteiger partial charge in [0, 0.05) is 0 Å². The molecule has 0 spiro atoms. The molecule has 2 fully saturated rings. The molecule has 156 valence electrons. The number of ether oxygens (including phenoxy) is 1.